The smallest absolute Gasteiger partial charge is 0.416 e. The fourth-order valence-electron chi connectivity index (χ4n) is 4.72. The van der Waals surface area contributed by atoms with E-state index in [0.29, 0.717) is 24.3 Å². The number of halogens is 9. The highest BCUT2D eigenvalue weighted by Crippen LogP contribution is 2.45. The molecule has 3 rings (SSSR count). The van der Waals surface area contributed by atoms with Crippen LogP contribution in [0.4, 0.5) is 54.8 Å². The molecule has 2 aromatic carbocycles. The number of fused-ring (bicyclic) bond motifs is 1. The van der Waals surface area contributed by atoms with Crippen molar-refractivity contribution in [3.8, 4) is 0 Å². The summed E-state index contributed by atoms with van der Waals surface area (Å²) in [5.41, 5.74) is -5.28. The summed E-state index contributed by atoms with van der Waals surface area (Å²) in [5.74, 6) is 0. The first-order valence-corrected chi connectivity index (χ1v) is 12.2. The molecule has 41 heavy (non-hydrogen) atoms. The minimum Gasteiger partial charge on any atom is -0.453 e. The number of alkyl halides is 9. The summed E-state index contributed by atoms with van der Waals surface area (Å²) in [6.07, 6.45) is -17.3. The lowest BCUT2D eigenvalue weighted by Crippen LogP contribution is -2.48. The summed E-state index contributed by atoms with van der Waals surface area (Å²) < 4.78 is 132. The van der Waals surface area contributed by atoms with Gasteiger partial charge in [-0.1, -0.05) is 6.92 Å². The molecular weight excluding hydrogens is 575 g/mol. The van der Waals surface area contributed by atoms with E-state index in [9.17, 15) is 49.1 Å². The van der Waals surface area contributed by atoms with Gasteiger partial charge in [-0.3, -0.25) is 9.80 Å². The third-order valence-corrected chi connectivity index (χ3v) is 6.56. The van der Waals surface area contributed by atoms with Crippen molar-refractivity contribution >= 4 is 17.9 Å². The van der Waals surface area contributed by atoms with E-state index in [1.54, 1.807) is 6.92 Å². The molecule has 0 aromatic heterocycles. The van der Waals surface area contributed by atoms with Crippen molar-refractivity contribution in [1.29, 1.82) is 0 Å². The molecule has 0 saturated carbocycles. The molecule has 226 valence electrons. The van der Waals surface area contributed by atoms with E-state index >= 15 is 0 Å². The number of hydrogen-bond acceptors (Lipinski definition) is 4. The van der Waals surface area contributed by atoms with Gasteiger partial charge in [0.15, 0.2) is 0 Å². The quantitative estimate of drug-likeness (QED) is 0.325. The third kappa shape index (κ3) is 6.99. The van der Waals surface area contributed by atoms with Crippen molar-refractivity contribution in [1.82, 2.24) is 4.90 Å². The van der Waals surface area contributed by atoms with Crippen LogP contribution in [0.1, 0.15) is 60.5 Å². The van der Waals surface area contributed by atoms with Gasteiger partial charge in [-0.25, -0.2) is 9.59 Å². The van der Waals surface area contributed by atoms with Gasteiger partial charge in [0.1, 0.15) is 0 Å². The Hall–Kier alpha value is -3.65. The summed E-state index contributed by atoms with van der Waals surface area (Å²) in [6.45, 7) is 2.23. The summed E-state index contributed by atoms with van der Waals surface area (Å²) >= 11 is 0. The molecule has 15 heteroatoms. The second-order valence-corrected chi connectivity index (χ2v) is 9.17. The molecule has 1 heterocycles. The van der Waals surface area contributed by atoms with Gasteiger partial charge in [-0.15, -0.1) is 0 Å². The molecule has 2 amide bonds. The monoisotopic (exact) mass is 600 g/mol. The molecule has 6 nitrogen and oxygen atoms in total. The topological polar surface area (TPSA) is 59.1 Å². The van der Waals surface area contributed by atoms with Crippen molar-refractivity contribution < 1.29 is 58.6 Å². The number of hydrogen-bond donors (Lipinski definition) is 0. The molecule has 2 aromatic rings. The van der Waals surface area contributed by atoms with Gasteiger partial charge in [0.05, 0.1) is 42.1 Å². The second-order valence-electron chi connectivity index (χ2n) is 9.17. The van der Waals surface area contributed by atoms with E-state index in [-0.39, 0.29) is 36.8 Å². The Bertz CT molecular complexity index is 1240. The molecule has 0 N–H and O–H groups in total. The number of nitrogens with zero attached hydrogens (tertiary/aromatic N) is 2. The van der Waals surface area contributed by atoms with Crippen molar-refractivity contribution in [3.05, 3.63) is 64.2 Å². The van der Waals surface area contributed by atoms with Crippen molar-refractivity contribution in [2.24, 2.45) is 0 Å². The van der Waals surface area contributed by atoms with Crippen molar-refractivity contribution in [3.63, 3.8) is 0 Å². The third-order valence-electron chi connectivity index (χ3n) is 6.56. The van der Waals surface area contributed by atoms with Crippen LogP contribution >= 0.6 is 0 Å². The average molecular weight is 600 g/mol. The molecule has 0 fully saturated rings. The molecule has 0 unspecified atom stereocenters. The van der Waals surface area contributed by atoms with Crippen LogP contribution in [0.5, 0.6) is 0 Å². The van der Waals surface area contributed by atoms with Gasteiger partial charge in [0, 0.05) is 12.6 Å². The maximum atomic E-state index is 13.7. The summed E-state index contributed by atoms with van der Waals surface area (Å²) in [6, 6.07) is 1.06. The van der Waals surface area contributed by atoms with E-state index in [0.717, 1.165) is 23.0 Å². The maximum absolute atomic E-state index is 13.7. The summed E-state index contributed by atoms with van der Waals surface area (Å²) in [4.78, 5) is 27.6. The predicted octanol–water partition coefficient (Wildman–Crippen LogP) is 8.20. The van der Waals surface area contributed by atoms with Gasteiger partial charge >= 0.3 is 30.7 Å². The van der Waals surface area contributed by atoms with Crippen LogP contribution in [0.25, 0.3) is 0 Å². The molecule has 0 bridgehead atoms. The van der Waals surface area contributed by atoms with Crippen LogP contribution in [0, 0.1) is 0 Å². The SMILES string of the molecule is CCOC(=O)N1c2ccc(C(F)(F)F)cc2[C@H](N(Cc2cc(C(F)(F)F)cc(C(F)(F)F)c2)C(=O)OC)C[C@H]1CC. The number of carbonyl (C=O) groups is 2. The van der Waals surface area contributed by atoms with E-state index in [1.165, 1.54) is 6.92 Å². The number of amides is 2. The molecule has 0 radical (unpaired) electrons. The first-order chi connectivity index (χ1) is 18.9. The highest BCUT2D eigenvalue weighted by Gasteiger charge is 2.43. The van der Waals surface area contributed by atoms with Gasteiger partial charge in [0.2, 0.25) is 0 Å². The predicted molar refractivity (Wildman–Crippen MR) is 127 cm³/mol. The normalized spacial score (nSPS) is 17.6. The highest BCUT2D eigenvalue weighted by molar-refractivity contribution is 5.90. The van der Waals surface area contributed by atoms with Gasteiger partial charge in [0.25, 0.3) is 0 Å². The lowest BCUT2D eigenvalue weighted by Gasteiger charge is -2.43. The number of anilines is 1. The van der Waals surface area contributed by atoms with Crippen molar-refractivity contribution in [2.45, 2.75) is 63.8 Å². The first-order valence-electron chi connectivity index (χ1n) is 12.2. The lowest BCUT2D eigenvalue weighted by atomic mass is 9.87. The zero-order valence-corrected chi connectivity index (χ0v) is 21.9. The Kier molecular flexibility index (Phi) is 9.08. The number of rotatable bonds is 5. The van der Waals surface area contributed by atoms with Crippen LogP contribution in [0.2, 0.25) is 0 Å². The van der Waals surface area contributed by atoms with Gasteiger partial charge in [-0.2, -0.15) is 39.5 Å². The molecule has 1 aliphatic heterocycles. The number of carbonyl (C=O) groups excluding carboxylic acids is 2. The zero-order valence-electron chi connectivity index (χ0n) is 21.9. The maximum Gasteiger partial charge on any atom is 0.416 e. The van der Waals surface area contributed by atoms with Crippen molar-refractivity contribution in [2.75, 3.05) is 18.6 Å². The number of methoxy groups -OCH3 is 1. The first kappa shape index (κ1) is 31.9. The Morgan fingerprint density at radius 2 is 1.44 bits per heavy atom. The zero-order chi connectivity index (χ0) is 30.9. The molecule has 0 spiro atoms. The highest BCUT2D eigenvalue weighted by atomic mass is 19.4. The van der Waals surface area contributed by atoms with Crippen LogP contribution in [0.3, 0.4) is 0 Å². The van der Waals surface area contributed by atoms with Crippen LogP contribution in [-0.4, -0.2) is 36.8 Å². The van der Waals surface area contributed by atoms with Gasteiger partial charge < -0.3 is 9.47 Å². The van der Waals surface area contributed by atoms with Crippen LogP contribution < -0.4 is 4.90 Å². The minimum absolute atomic E-state index is 0.0590. The number of ether oxygens (including phenoxy) is 2. The standard InChI is InChI=1S/C26H25F9N2O4/c1-4-18-12-21(19-11-15(24(27,28)29)6-7-20(19)37(18)23(39)41-5-2)36(22(38)40-3)13-14-8-16(25(30,31)32)10-17(9-14)26(33,34)35/h6-11,18,21H,4-5,12-13H2,1-3H3/t18-,21-/m1/s1. The fourth-order valence-corrected chi connectivity index (χ4v) is 4.72. The van der Waals surface area contributed by atoms with E-state index in [2.05, 4.69) is 0 Å². The van der Waals surface area contributed by atoms with E-state index in [1.807, 2.05) is 0 Å². The Labute approximate surface area is 228 Å². The average Bonchev–Trinajstić information content (AvgIpc) is 2.88. The van der Waals surface area contributed by atoms with Crippen LogP contribution in [0.15, 0.2) is 36.4 Å². The summed E-state index contributed by atoms with van der Waals surface area (Å²) in [7, 11) is 0.903. The van der Waals surface area contributed by atoms with Crippen LogP contribution in [-0.2, 0) is 34.5 Å². The summed E-state index contributed by atoms with van der Waals surface area (Å²) in [5, 5.41) is 0. The lowest BCUT2D eigenvalue weighted by molar-refractivity contribution is -0.143. The van der Waals surface area contributed by atoms with Gasteiger partial charge in [-0.05, 0) is 67.3 Å². The minimum atomic E-state index is -5.17. The Morgan fingerprint density at radius 3 is 1.90 bits per heavy atom. The second kappa shape index (κ2) is 11.7. The fraction of sp³-hybridized carbons (Fsp3) is 0.462. The Balaban J connectivity index is 2.23. The van der Waals surface area contributed by atoms with E-state index in [4.69, 9.17) is 9.47 Å². The molecule has 1 aliphatic rings. The largest absolute Gasteiger partial charge is 0.453 e. The molecule has 0 aliphatic carbocycles. The Morgan fingerprint density at radius 1 is 0.878 bits per heavy atom. The molecular formula is C26H25F9N2O4. The molecule has 2 atom stereocenters. The number of benzene rings is 2. The molecule has 0 saturated heterocycles. The van der Waals surface area contributed by atoms with E-state index < -0.39 is 71.6 Å².